The Hall–Kier alpha value is -4.80. The van der Waals surface area contributed by atoms with Gasteiger partial charge in [0.05, 0.1) is 26.4 Å². The highest BCUT2D eigenvalue weighted by Gasteiger charge is 2.30. The summed E-state index contributed by atoms with van der Waals surface area (Å²) in [5, 5.41) is 10.6. The molecule has 0 aromatic carbocycles. The molecule has 0 aliphatic heterocycles. The van der Waals surface area contributed by atoms with Gasteiger partial charge in [0, 0.05) is 25.7 Å². The van der Waals surface area contributed by atoms with E-state index < -0.39 is 97.5 Å². The summed E-state index contributed by atoms with van der Waals surface area (Å²) in [6.45, 7) is 4.54. The smallest absolute Gasteiger partial charge is 0.462 e. The largest absolute Gasteiger partial charge is 0.472 e. The van der Waals surface area contributed by atoms with E-state index in [1.807, 2.05) is 0 Å². The van der Waals surface area contributed by atoms with Crippen LogP contribution in [0.1, 0.15) is 323 Å². The number of esters is 4. The second-order valence-corrected chi connectivity index (χ2v) is 29.5. The molecule has 596 valence electrons. The molecule has 0 radical (unpaired) electrons. The van der Waals surface area contributed by atoms with E-state index in [2.05, 4.69) is 161 Å². The molecular weight excluding hydrogens is 1350 g/mol. The maximum atomic E-state index is 13.1. The molecule has 5 atom stereocenters. The number of carbonyl (C=O) groups is 4. The summed E-state index contributed by atoms with van der Waals surface area (Å²) >= 11 is 0. The molecule has 0 saturated heterocycles. The number of ether oxygens (including phenoxy) is 4. The third kappa shape index (κ3) is 75.4. The third-order valence-electron chi connectivity index (χ3n) is 16.6. The molecule has 0 aliphatic rings. The first-order valence-electron chi connectivity index (χ1n) is 40.4. The van der Waals surface area contributed by atoms with Crippen molar-refractivity contribution < 1.29 is 80.2 Å². The zero-order valence-electron chi connectivity index (χ0n) is 65.2. The first-order chi connectivity index (χ1) is 50.7. The number of aliphatic hydroxyl groups excluding tert-OH is 1. The summed E-state index contributed by atoms with van der Waals surface area (Å²) in [6, 6.07) is 0. The van der Waals surface area contributed by atoms with Gasteiger partial charge in [0.25, 0.3) is 0 Å². The highest BCUT2D eigenvalue weighted by Crippen LogP contribution is 2.45. The molecule has 3 N–H and O–H groups in total. The molecule has 0 heterocycles. The Morgan fingerprint density at radius 1 is 0.279 bits per heavy atom. The van der Waals surface area contributed by atoms with Gasteiger partial charge in [0.2, 0.25) is 0 Å². The molecule has 0 bridgehead atoms. The van der Waals surface area contributed by atoms with Crippen LogP contribution in [-0.4, -0.2) is 96.7 Å². The Morgan fingerprint density at radius 2 is 0.500 bits per heavy atom. The summed E-state index contributed by atoms with van der Waals surface area (Å²) < 4.78 is 68.6. The van der Waals surface area contributed by atoms with Crippen LogP contribution >= 0.6 is 15.6 Å². The van der Waals surface area contributed by atoms with E-state index in [1.54, 1.807) is 0 Å². The van der Waals surface area contributed by atoms with Crippen molar-refractivity contribution in [2.75, 3.05) is 39.6 Å². The van der Waals surface area contributed by atoms with Crippen LogP contribution < -0.4 is 0 Å². The van der Waals surface area contributed by atoms with Crippen molar-refractivity contribution in [1.82, 2.24) is 0 Å². The minimum absolute atomic E-state index is 0.0628. The van der Waals surface area contributed by atoms with E-state index >= 15 is 0 Å². The Kier molecular flexibility index (Phi) is 72.9. The zero-order chi connectivity index (χ0) is 76.0. The molecule has 0 saturated carbocycles. The average molecular weight is 1500 g/mol. The number of aliphatic hydroxyl groups is 1. The normalized spacial score (nSPS) is 14.6. The maximum Gasteiger partial charge on any atom is 0.472 e. The van der Waals surface area contributed by atoms with E-state index in [-0.39, 0.29) is 25.7 Å². The van der Waals surface area contributed by atoms with E-state index in [0.717, 1.165) is 186 Å². The van der Waals surface area contributed by atoms with Gasteiger partial charge < -0.3 is 33.8 Å². The second-order valence-electron chi connectivity index (χ2n) is 26.6. The van der Waals surface area contributed by atoms with Crippen LogP contribution in [0.5, 0.6) is 0 Å². The third-order valence-corrected chi connectivity index (χ3v) is 18.5. The molecule has 104 heavy (non-hydrogen) atoms. The summed E-state index contributed by atoms with van der Waals surface area (Å²) in [7, 11) is -9.99. The quantitative estimate of drug-likeness (QED) is 0.0169. The molecule has 0 amide bonds. The molecule has 5 unspecified atom stereocenters. The van der Waals surface area contributed by atoms with Crippen molar-refractivity contribution in [1.29, 1.82) is 0 Å². The van der Waals surface area contributed by atoms with Gasteiger partial charge in [-0.15, -0.1) is 0 Å². The van der Waals surface area contributed by atoms with E-state index in [1.165, 1.54) is 57.8 Å². The Morgan fingerprint density at radius 3 is 0.817 bits per heavy atom. The highest BCUT2D eigenvalue weighted by molar-refractivity contribution is 7.47. The topological polar surface area (TPSA) is 237 Å². The SMILES string of the molecule is CC/C=C\C/C=C\C/C=C\C/C=C\CCCCC(=O)OCC(COP(=O)(O)OCC(O)COP(=O)(O)OCC(COC(=O)CCCCCCCC/C=C\C/C=C\C/C=C\CCCCC)OC(=O)CCCCCCC/C=C\CCCCCCCC)OC(=O)CCCCCCC/C=C\C/C=C\C/C=C\CC. The van der Waals surface area contributed by atoms with Crippen molar-refractivity contribution >= 4 is 39.5 Å². The monoisotopic (exact) mass is 1500 g/mol. The van der Waals surface area contributed by atoms with Crippen LogP contribution in [0.15, 0.2) is 134 Å². The van der Waals surface area contributed by atoms with Gasteiger partial charge in [0.15, 0.2) is 12.2 Å². The lowest BCUT2D eigenvalue weighted by molar-refractivity contribution is -0.161. The van der Waals surface area contributed by atoms with Crippen molar-refractivity contribution in [2.24, 2.45) is 0 Å². The fourth-order valence-corrected chi connectivity index (χ4v) is 12.0. The second kappa shape index (κ2) is 76.4. The number of rotatable bonds is 75. The summed E-state index contributed by atoms with van der Waals surface area (Å²) in [5.41, 5.74) is 0. The Balaban J connectivity index is 5.42. The van der Waals surface area contributed by atoms with Crippen molar-refractivity contribution in [2.45, 2.75) is 341 Å². The van der Waals surface area contributed by atoms with Gasteiger partial charge in [-0.1, -0.05) is 271 Å². The first kappa shape index (κ1) is 99.2. The zero-order valence-corrected chi connectivity index (χ0v) is 66.9. The predicted octanol–water partition coefficient (Wildman–Crippen LogP) is 23.7. The van der Waals surface area contributed by atoms with Crippen molar-refractivity contribution in [3.05, 3.63) is 134 Å². The van der Waals surface area contributed by atoms with Crippen LogP contribution in [0.25, 0.3) is 0 Å². The van der Waals surface area contributed by atoms with Crippen LogP contribution in [0, 0.1) is 0 Å². The molecule has 0 aliphatic carbocycles. The minimum atomic E-state index is -5.00. The number of phosphoric acid groups is 2. The fraction of sp³-hybridized carbons (Fsp3) is 0.694. The number of hydrogen-bond acceptors (Lipinski definition) is 15. The lowest BCUT2D eigenvalue weighted by atomic mass is 10.1. The van der Waals surface area contributed by atoms with Gasteiger partial charge in [-0.2, -0.15) is 0 Å². The van der Waals surface area contributed by atoms with Gasteiger partial charge >= 0.3 is 39.5 Å². The summed E-state index contributed by atoms with van der Waals surface area (Å²) in [5.74, 6) is -2.26. The van der Waals surface area contributed by atoms with Gasteiger partial charge in [-0.25, -0.2) is 9.13 Å². The van der Waals surface area contributed by atoms with E-state index in [0.29, 0.717) is 25.7 Å². The standard InChI is InChI=1S/C85H144O17P2/c1-5-9-13-17-21-25-29-33-37-38-39-40-44-46-50-54-58-62-66-70-83(88)96-76-81(102-85(90)72-68-64-60-56-52-48-43-36-32-28-24-20-16-12-8-4)78-100-104(93,94)98-74-79(86)73-97-103(91,92)99-77-80(101-84(89)71-67-63-59-55-51-47-42-35-31-27-23-19-15-11-7-3)75-95-82(87)69-65-61-57-53-49-45-41-34-30-26-22-18-14-10-6-2/h10-11,14-15,21-23,25-27,33-37,39-43,49,53,79-81,86H,5-9,12-13,16-20,24,28-32,38,44-48,50-52,54-78H2,1-4H3,(H,91,92)(H,93,94)/b14-10-,15-11-,25-21-,26-22-,27-23-,37-33-,40-39-,41-34-,42-35-,43-36-,53-49-. The van der Waals surface area contributed by atoms with Crippen LogP contribution in [-0.2, 0) is 65.4 Å². The molecule has 17 nitrogen and oxygen atoms in total. The molecule has 0 spiro atoms. The Labute approximate surface area is 631 Å². The molecule has 0 fully saturated rings. The van der Waals surface area contributed by atoms with Gasteiger partial charge in [-0.3, -0.25) is 37.3 Å². The van der Waals surface area contributed by atoms with Crippen LogP contribution in [0.3, 0.4) is 0 Å². The predicted molar refractivity (Wildman–Crippen MR) is 427 cm³/mol. The number of phosphoric ester groups is 2. The molecule has 0 aromatic rings. The molecule has 0 aromatic heterocycles. The number of hydrogen-bond donors (Lipinski definition) is 3. The maximum absolute atomic E-state index is 13.1. The summed E-state index contributed by atoms with van der Waals surface area (Å²) in [6.07, 6.45) is 85.7. The summed E-state index contributed by atoms with van der Waals surface area (Å²) in [4.78, 5) is 73.0. The van der Waals surface area contributed by atoms with Crippen LogP contribution in [0.4, 0.5) is 0 Å². The Bertz CT molecular complexity index is 2490. The van der Waals surface area contributed by atoms with Crippen molar-refractivity contribution in [3.8, 4) is 0 Å². The molecular formula is C85H144O17P2. The van der Waals surface area contributed by atoms with Crippen molar-refractivity contribution in [3.63, 3.8) is 0 Å². The van der Waals surface area contributed by atoms with Gasteiger partial charge in [-0.05, 0) is 161 Å². The van der Waals surface area contributed by atoms with Gasteiger partial charge in [0.1, 0.15) is 19.3 Å². The van der Waals surface area contributed by atoms with E-state index in [9.17, 15) is 43.2 Å². The minimum Gasteiger partial charge on any atom is -0.462 e. The number of carbonyl (C=O) groups excluding carboxylic acids is 4. The average Bonchev–Trinajstić information content (AvgIpc) is 0.912. The first-order valence-corrected chi connectivity index (χ1v) is 43.4. The highest BCUT2D eigenvalue weighted by atomic mass is 31.2. The fourth-order valence-electron chi connectivity index (χ4n) is 10.5. The number of allylic oxidation sites excluding steroid dienone is 22. The van der Waals surface area contributed by atoms with E-state index in [4.69, 9.17) is 37.0 Å². The lowest BCUT2D eigenvalue weighted by Gasteiger charge is -2.21. The lowest BCUT2D eigenvalue weighted by Crippen LogP contribution is -2.30. The molecule has 0 rings (SSSR count). The molecule has 19 heteroatoms. The van der Waals surface area contributed by atoms with Crippen LogP contribution in [0.2, 0.25) is 0 Å². The number of unbranched alkanes of at least 4 members (excludes halogenated alkanes) is 27.